The predicted molar refractivity (Wildman–Crippen MR) is 116 cm³/mol. The van der Waals surface area contributed by atoms with Crippen LogP contribution in [-0.4, -0.2) is 29.8 Å². The molecule has 0 bridgehead atoms. The Morgan fingerprint density at radius 3 is 2.73 bits per heavy atom. The molecule has 0 spiro atoms. The van der Waals surface area contributed by atoms with Gasteiger partial charge in [0, 0.05) is 17.4 Å². The van der Waals surface area contributed by atoms with Gasteiger partial charge < -0.3 is 15.2 Å². The molecule has 2 unspecified atom stereocenters. The Balaban J connectivity index is 1.43. The SMILES string of the molecule is O=C(NC(Cc1ccccc1Cl)C(=O)O)OCC1C2=C(CCC=C2)c2ccccc21. The summed E-state index contributed by atoms with van der Waals surface area (Å²) in [6.07, 6.45) is 5.56. The van der Waals surface area contributed by atoms with Crippen molar-refractivity contribution in [2.45, 2.75) is 31.2 Å². The number of carboxylic acid groups (broad SMARTS) is 1. The van der Waals surface area contributed by atoms with Crippen molar-refractivity contribution in [3.8, 4) is 0 Å². The van der Waals surface area contributed by atoms with Gasteiger partial charge in [-0.05, 0) is 46.7 Å². The van der Waals surface area contributed by atoms with Gasteiger partial charge in [0.25, 0.3) is 0 Å². The van der Waals surface area contributed by atoms with Gasteiger partial charge >= 0.3 is 12.1 Å². The van der Waals surface area contributed by atoms with Gasteiger partial charge in [-0.1, -0.05) is 66.2 Å². The van der Waals surface area contributed by atoms with Crippen LogP contribution in [0.15, 0.2) is 66.3 Å². The largest absolute Gasteiger partial charge is 0.480 e. The van der Waals surface area contributed by atoms with Gasteiger partial charge in [-0.15, -0.1) is 0 Å². The summed E-state index contributed by atoms with van der Waals surface area (Å²) in [5.74, 6) is -1.18. The summed E-state index contributed by atoms with van der Waals surface area (Å²) in [7, 11) is 0. The van der Waals surface area contributed by atoms with Crippen molar-refractivity contribution in [1.82, 2.24) is 5.32 Å². The average Bonchev–Trinajstić information content (AvgIpc) is 3.07. The predicted octanol–water partition coefficient (Wildman–Crippen LogP) is 4.96. The molecular formula is C24H22ClNO4. The number of nitrogens with one attached hydrogen (secondary N) is 1. The molecule has 30 heavy (non-hydrogen) atoms. The number of hydrogen-bond acceptors (Lipinski definition) is 3. The van der Waals surface area contributed by atoms with E-state index in [9.17, 15) is 14.7 Å². The summed E-state index contributed by atoms with van der Waals surface area (Å²) in [4.78, 5) is 24.0. The van der Waals surface area contributed by atoms with Gasteiger partial charge in [0.1, 0.15) is 12.6 Å². The van der Waals surface area contributed by atoms with Crippen LogP contribution in [0.4, 0.5) is 4.79 Å². The molecule has 0 aliphatic heterocycles. The van der Waals surface area contributed by atoms with E-state index >= 15 is 0 Å². The molecule has 0 radical (unpaired) electrons. The fourth-order valence-corrected chi connectivity index (χ4v) is 4.36. The molecule has 2 aliphatic rings. The number of ether oxygens (including phenoxy) is 1. The van der Waals surface area contributed by atoms with Gasteiger partial charge in [-0.25, -0.2) is 9.59 Å². The van der Waals surface area contributed by atoms with Crippen molar-refractivity contribution >= 4 is 29.2 Å². The lowest BCUT2D eigenvalue weighted by Gasteiger charge is -2.19. The molecule has 2 N–H and O–H groups in total. The number of aliphatic carboxylic acids is 1. The zero-order valence-electron chi connectivity index (χ0n) is 16.3. The Morgan fingerprint density at radius 2 is 1.93 bits per heavy atom. The zero-order chi connectivity index (χ0) is 21.1. The molecule has 2 aromatic rings. The second-order valence-electron chi connectivity index (χ2n) is 7.44. The number of carbonyl (C=O) groups is 2. The van der Waals surface area contributed by atoms with E-state index in [-0.39, 0.29) is 18.9 Å². The second kappa shape index (κ2) is 8.76. The summed E-state index contributed by atoms with van der Waals surface area (Å²) in [6, 6.07) is 14.0. The molecule has 0 fully saturated rings. The minimum atomic E-state index is -1.14. The second-order valence-corrected chi connectivity index (χ2v) is 7.85. The van der Waals surface area contributed by atoms with E-state index in [0.717, 1.165) is 18.4 Å². The molecule has 0 aromatic heterocycles. The highest BCUT2D eigenvalue weighted by Gasteiger charge is 2.31. The molecule has 6 heteroatoms. The van der Waals surface area contributed by atoms with E-state index in [1.165, 1.54) is 16.7 Å². The van der Waals surface area contributed by atoms with Crippen LogP contribution < -0.4 is 5.32 Å². The minimum Gasteiger partial charge on any atom is -0.480 e. The summed E-state index contributed by atoms with van der Waals surface area (Å²) >= 11 is 6.12. The number of carbonyl (C=O) groups excluding carboxylic acids is 1. The maximum atomic E-state index is 12.4. The highest BCUT2D eigenvalue weighted by Crippen LogP contribution is 2.46. The molecule has 4 rings (SSSR count). The van der Waals surface area contributed by atoms with E-state index in [1.54, 1.807) is 24.3 Å². The van der Waals surface area contributed by atoms with E-state index in [4.69, 9.17) is 16.3 Å². The lowest BCUT2D eigenvalue weighted by atomic mass is 9.93. The third kappa shape index (κ3) is 4.12. The zero-order valence-corrected chi connectivity index (χ0v) is 17.1. The van der Waals surface area contributed by atoms with E-state index in [0.29, 0.717) is 10.6 Å². The van der Waals surface area contributed by atoms with Crippen molar-refractivity contribution in [1.29, 1.82) is 0 Å². The first kappa shape index (κ1) is 20.2. The first-order valence-corrected chi connectivity index (χ1v) is 10.3. The molecule has 154 valence electrons. The normalized spacial score (nSPS) is 17.8. The third-order valence-electron chi connectivity index (χ3n) is 5.60. The number of amides is 1. The number of carboxylic acids is 1. The summed E-state index contributed by atoms with van der Waals surface area (Å²) in [5, 5.41) is 12.4. The van der Waals surface area contributed by atoms with Crippen LogP contribution in [0, 0.1) is 0 Å². The van der Waals surface area contributed by atoms with Gasteiger partial charge in [0.2, 0.25) is 0 Å². The Morgan fingerprint density at radius 1 is 1.17 bits per heavy atom. The van der Waals surface area contributed by atoms with Crippen LogP contribution in [0.3, 0.4) is 0 Å². The number of fused-ring (bicyclic) bond motifs is 2. The van der Waals surface area contributed by atoms with Crippen LogP contribution in [0.25, 0.3) is 5.57 Å². The highest BCUT2D eigenvalue weighted by molar-refractivity contribution is 6.31. The summed E-state index contributed by atoms with van der Waals surface area (Å²) in [5.41, 5.74) is 5.50. The number of benzene rings is 2. The lowest BCUT2D eigenvalue weighted by molar-refractivity contribution is -0.139. The Labute approximate surface area is 180 Å². The number of alkyl carbamates (subject to hydrolysis) is 1. The average molecular weight is 424 g/mol. The molecule has 0 heterocycles. The fourth-order valence-electron chi connectivity index (χ4n) is 4.15. The molecule has 0 saturated carbocycles. The number of allylic oxidation sites excluding steroid dienone is 3. The lowest BCUT2D eigenvalue weighted by Crippen LogP contribution is -2.43. The maximum Gasteiger partial charge on any atom is 0.407 e. The molecule has 2 atom stereocenters. The van der Waals surface area contributed by atoms with Crippen molar-refractivity contribution < 1.29 is 19.4 Å². The Hall–Kier alpha value is -3.05. The number of hydrogen-bond donors (Lipinski definition) is 2. The molecule has 2 aliphatic carbocycles. The van der Waals surface area contributed by atoms with Crippen molar-refractivity contribution in [2.75, 3.05) is 6.61 Å². The maximum absolute atomic E-state index is 12.4. The van der Waals surface area contributed by atoms with Crippen LogP contribution in [-0.2, 0) is 16.0 Å². The number of halogens is 1. The first-order chi connectivity index (χ1) is 14.5. The van der Waals surface area contributed by atoms with E-state index in [1.807, 2.05) is 12.1 Å². The standard InChI is InChI=1S/C24H22ClNO4/c25-21-12-6-1-7-15(21)13-22(23(27)28)26-24(29)30-14-20-18-10-4-2-8-16(18)17-9-3-5-11-19(17)20/h1-2,4-8,10-12,20,22H,3,9,13-14H2,(H,26,29)(H,27,28). The van der Waals surface area contributed by atoms with Gasteiger partial charge in [0.15, 0.2) is 0 Å². The highest BCUT2D eigenvalue weighted by atomic mass is 35.5. The molecule has 0 saturated heterocycles. The van der Waals surface area contributed by atoms with Gasteiger partial charge in [-0.3, -0.25) is 0 Å². The van der Waals surface area contributed by atoms with Crippen LogP contribution in [0.2, 0.25) is 5.02 Å². The van der Waals surface area contributed by atoms with Crippen molar-refractivity contribution in [3.63, 3.8) is 0 Å². The van der Waals surface area contributed by atoms with Crippen molar-refractivity contribution in [3.05, 3.63) is 88.0 Å². The molecule has 2 aromatic carbocycles. The Bertz CT molecular complexity index is 1040. The molecule has 1 amide bonds. The van der Waals surface area contributed by atoms with E-state index < -0.39 is 18.1 Å². The van der Waals surface area contributed by atoms with Crippen LogP contribution in [0.5, 0.6) is 0 Å². The van der Waals surface area contributed by atoms with Crippen molar-refractivity contribution in [2.24, 2.45) is 0 Å². The van der Waals surface area contributed by atoms with Gasteiger partial charge in [-0.2, -0.15) is 0 Å². The topological polar surface area (TPSA) is 75.6 Å². The molecular weight excluding hydrogens is 402 g/mol. The smallest absolute Gasteiger partial charge is 0.407 e. The third-order valence-corrected chi connectivity index (χ3v) is 5.97. The molecule has 5 nitrogen and oxygen atoms in total. The monoisotopic (exact) mass is 423 g/mol. The summed E-state index contributed by atoms with van der Waals surface area (Å²) < 4.78 is 5.47. The van der Waals surface area contributed by atoms with E-state index in [2.05, 4.69) is 29.6 Å². The fraction of sp³-hybridized carbons (Fsp3) is 0.250. The number of rotatable bonds is 6. The van der Waals surface area contributed by atoms with Gasteiger partial charge in [0.05, 0.1) is 0 Å². The van der Waals surface area contributed by atoms with Crippen LogP contribution >= 0.6 is 11.6 Å². The summed E-state index contributed by atoms with van der Waals surface area (Å²) in [6.45, 7) is 0.157. The quantitative estimate of drug-likeness (QED) is 0.688. The minimum absolute atomic E-state index is 0.0367. The first-order valence-electron chi connectivity index (χ1n) is 9.93. The Kier molecular flexibility index (Phi) is 5.91. The van der Waals surface area contributed by atoms with Crippen LogP contribution in [0.1, 0.15) is 35.4 Å².